The Morgan fingerprint density at radius 1 is 1.26 bits per heavy atom. The fourth-order valence-electron chi connectivity index (χ4n) is 1.91. The van der Waals surface area contributed by atoms with E-state index < -0.39 is 0 Å². The van der Waals surface area contributed by atoms with Gasteiger partial charge in [-0.15, -0.1) is 11.3 Å². The highest BCUT2D eigenvalue weighted by Gasteiger charge is 2.12. The number of nitrogen functional groups attached to an aromatic ring is 1. The normalized spacial score (nSPS) is 10.5. The number of carbonyl (C=O) groups excluding carboxylic acids is 1. The molecule has 0 aliphatic carbocycles. The fraction of sp³-hybridized carbons (Fsp3) is 0. The average Bonchev–Trinajstić information content (AvgIpc) is 2.85. The highest BCUT2D eigenvalue weighted by atomic mass is 32.1. The molecule has 0 saturated heterocycles. The van der Waals surface area contributed by atoms with Gasteiger partial charge < -0.3 is 11.1 Å². The van der Waals surface area contributed by atoms with Crippen LogP contribution in [0, 0.1) is 0 Å². The molecule has 0 saturated carbocycles. The van der Waals surface area contributed by atoms with Crippen LogP contribution in [0.25, 0.3) is 10.8 Å². The van der Waals surface area contributed by atoms with Gasteiger partial charge in [0.15, 0.2) is 0 Å². The first-order valence-corrected chi connectivity index (χ1v) is 6.61. The maximum Gasteiger partial charge on any atom is 0.267 e. The van der Waals surface area contributed by atoms with Crippen molar-refractivity contribution in [2.45, 2.75) is 0 Å². The number of nitrogens with one attached hydrogen (secondary N) is 1. The topological polar surface area (TPSA) is 68.0 Å². The first kappa shape index (κ1) is 11.7. The summed E-state index contributed by atoms with van der Waals surface area (Å²) < 4.78 is 0. The summed E-state index contributed by atoms with van der Waals surface area (Å²) >= 11 is 1.33. The number of anilines is 2. The predicted molar refractivity (Wildman–Crippen MR) is 78.4 cm³/mol. The molecule has 0 atom stereocenters. The molecule has 0 aliphatic heterocycles. The molecular weight excluding hydrogens is 258 g/mol. The Labute approximate surface area is 113 Å². The number of hydrogen-bond acceptors (Lipinski definition) is 4. The third-order valence-corrected chi connectivity index (χ3v) is 3.76. The molecule has 19 heavy (non-hydrogen) atoms. The van der Waals surface area contributed by atoms with E-state index in [0.29, 0.717) is 10.6 Å². The lowest BCUT2D eigenvalue weighted by Gasteiger charge is -2.07. The standard InChI is InChI=1S/C14H11N3OS/c15-11-5-7-19-13(11)14(18)17-12-3-1-2-9-8-16-6-4-10(9)12/h1-8H,15H2,(H,17,18). The third kappa shape index (κ3) is 2.15. The number of benzene rings is 1. The molecule has 2 aromatic heterocycles. The summed E-state index contributed by atoms with van der Waals surface area (Å²) in [7, 11) is 0. The van der Waals surface area contributed by atoms with E-state index in [1.165, 1.54) is 11.3 Å². The van der Waals surface area contributed by atoms with E-state index in [0.717, 1.165) is 16.5 Å². The minimum absolute atomic E-state index is 0.184. The quantitative estimate of drug-likeness (QED) is 0.751. The Morgan fingerprint density at radius 3 is 2.95 bits per heavy atom. The van der Waals surface area contributed by atoms with Gasteiger partial charge in [0.25, 0.3) is 5.91 Å². The van der Waals surface area contributed by atoms with Crippen LogP contribution in [0.3, 0.4) is 0 Å². The van der Waals surface area contributed by atoms with Crippen LogP contribution < -0.4 is 11.1 Å². The Kier molecular flexibility index (Phi) is 2.89. The lowest BCUT2D eigenvalue weighted by atomic mass is 10.1. The first-order chi connectivity index (χ1) is 9.25. The van der Waals surface area contributed by atoms with E-state index in [9.17, 15) is 4.79 Å². The molecule has 1 aromatic carbocycles. The highest BCUT2D eigenvalue weighted by Crippen LogP contribution is 2.25. The zero-order chi connectivity index (χ0) is 13.2. The molecule has 0 spiro atoms. The minimum atomic E-state index is -0.184. The second-order valence-corrected chi connectivity index (χ2v) is 4.98. The number of fused-ring (bicyclic) bond motifs is 1. The van der Waals surface area contributed by atoms with Crippen molar-refractivity contribution in [2.75, 3.05) is 11.1 Å². The number of rotatable bonds is 2. The summed E-state index contributed by atoms with van der Waals surface area (Å²) in [4.78, 5) is 16.7. The Balaban J connectivity index is 1.98. The number of pyridine rings is 1. The molecule has 94 valence electrons. The molecule has 3 N–H and O–H groups in total. The predicted octanol–water partition coefficient (Wildman–Crippen LogP) is 3.13. The van der Waals surface area contributed by atoms with E-state index in [1.807, 2.05) is 24.3 Å². The number of carbonyl (C=O) groups is 1. The van der Waals surface area contributed by atoms with Crippen LogP contribution in [0.2, 0.25) is 0 Å². The molecule has 0 bridgehead atoms. The van der Waals surface area contributed by atoms with Crippen molar-refractivity contribution >= 4 is 39.4 Å². The minimum Gasteiger partial charge on any atom is -0.397 e. The fourth-order valence-corrected chi connectivity index (χ4v) is 2.63. The number of thiophene rings is 1. The van der Waals surface area contributed by atoms with Crippen molar-refractivity contribution < 1.29 is 4.79 Å². The largest absolute Gasteiger partial charge is 0.397 e. The summed E-state index contributed by atoms with van der Waals surface area (Å²) in [6, 6.07) is 9.31. The van der Waals surface area contributed by atoms with E-state index in [4.69, 9.17) is 5.73 Å². The van der Waals surface area contributed by atoms with Gasteiger partial charge in [-0.25, -0.2) is 0 Å². The number of nitrogens with zero attached hydrogens (tertiary/aromatic N) is 1. The highest BCUT2D eigenvalue weighted by molar-refractivity contribution is 7.12. The number of nitrogens with two attached hydrogens (primary N) is 1. The summed E-state index contributed by atoms with van der Waals surface area (Å²) in [6.07, 6.45) is 3.47. The molecule has 3 aromatic rings. The van der Waals surface area contributed by atoms with E-state index in [2.05, 4.69) is 10.3 Å². The monoisotopic (exact) mass is 269 g/mol. The van der Waals surface area contributed by atoms with Crippen molar-refractivity contribution in [3.63, 3.8) is 0 Å². The first-order valence-electron chi connectivity index (χ1n) is 5.73. The van der Waals surface area contributed by atoms with Crippen LogP contribution in [-0.2, 0) is 0 Å². The van der Waals surface area contributed by atoms with Gasteiger partial charge in [0, 0.05) is 28.9 Å². The maximum absolute atomic E-state index is 12.1. The maximum atomic E-state index is 12.1. The van der Waals surface area contributed by atoms with E-state index in [-0.39, 0.29) is 5.91 Å². The van der Waals surface area contributed by atoms with Crippen molar-refractivity contribution in [3.05, 3.63) is 53.0 Å². The zero-order valence-corrected chi connectivity index (χ0v) is 10.8. The Hall–Kier alpha value is -2.40. The second-order valence-electron chi connectivity index (χ2n) is 4.06. The molecular formula is C14H11N3OS. The van der Waals surface area contributed by atoms with Gasteiger partial charge in [0.2, 0.25) is 0 Å². The SMILES string of the molecule is Nc1ccsc1C(=O)Nc1cccc2cnccc12. The second kappa shape index (κ2) is 4.70. The van der Waals surface area contributed by atoms with Crippen LogP contribution in [-0.4, -0.2) is 10.9 Å². The average molecular weight is 269 g/mol. The van der Waals surface area contributed by atoms with Gasteiger partial charge in [-0.3, -0.25) is 9.78 Å². The van der Waals surface area contributed by atoms with Crippen LogP contribution in [0.1, 0.15) is 9.67 Å². The molecule has 0 unspecified atom stereocenters. The number of hydrogen-bond donors (Lipinski definition) is 2. The molecule has 1 amide bonds. The van der Waals surface area contributed by atoms with Gasteiger partial charge in [0.1, 0.15) is 4.88 Å². The number of aromatic nitrogens is 1. The van der Waals surface area contributed by atoms with Gasteiger partial charge in [-0.05, 0) is 23.6 Å². The molecule has 4 nitrogen and oxygen atoms in total. The zero-order valence-electron chi connectivity index (χ0n) is 9.96. The van der Waals surface area contributed by atoms with Gasteiger partial charge in [-0.1, -0.05) is 12.1 Å². The lowest BCUT2D eigenvalue weighted by Crippen LogP contribution is -2.12. The van der Waals surface area contributed by atoms with Crippen molar-refractivity contribution in [3.8, 4) is 0 Å². The Bertz CT molecular complexity index is 746. The van der Waals surface area contributed by atoms with Crippen molar-refractivity contribution in [1.82, 2.24) is 4.98 Å². The molecule has 5 heteroatoms. The molecule has 2 heterocycles. The van der Waals surface area contributed by atoms with Crippen LogP contribution >= 0.6 is 11.3 Å². The smallest absolute Gasteiger partial charge is 0.267 e. The van der Waals surface area contributed by atoms with Gasteiger partial charge in [0.05, 0.1) is 5.69 Å². The summed E-state index contributed by atoms with van der Waals surface area (Å²) in [5, 5.41) is 6.64. The lowest BCUT2D eigenvalue weighted by molar-refractivity contribution is 0.103. The van der Waals surface area contributed by atoms with Crippen molar-refractivity contribution in [2.24, 2.45) is 0 Å². The van der Waals surface area contributed by atoms with Crippen molar-refractivity contribution in [1.29, 1.82) is 0 Å². The van der Waals surface area contributed by atoms with Crippen LogP contribution in [0.4, 0.5) is 11.4 Å². The summed E-state index contributed by atoms with van der Waals surface area (Å²) in [6.45, 7) is 0. The van der Waals surface area contributed by atoms with Gasteiger partial charge in [-0.2, -0.15) is 0 Å². The molecule has 3 rings (SSSR count). The molecule has 0 radical (unpaired) electrons. The summed E-state index contributed by atoms with van der Waals surface area (Å²) in [5.41, 5.74) is 7.01. The van der Waals surface area contributed by atoms with E-state index in [1.54, 1.807) is 23.8 Å². The third-order valence-electron chi connectivity index (χ3n) is 2.83. The van der Waals surface area contributed by atoms with Crippen LogP contribution in [0.5, 0.6) is 0 Å². The van der Waals surface area contributed by atoms with E-state index >= 15 is 0 Å². The van der Waals surface area contributed by atoms with Gasteiger partial charge >= 0.3 is 0 Å². The number of amides is 1. The Morgan fingerprint density at radius 2 is 2.16 bits per heavy atom. The summed E-state index contributed by atoms with van der Waals surface area (Å²) in [5.74, 6) is -0.184. The molecule has 0 fully saturated rings. The molecule has 0 aliphatic rings. The van der Waals surface area contributed by atoms with Crippen LogP contribution in [0.15, 0.2) is 48.1 Å².